The molecule has 0 aliphatic rings. The van der Waals surface area contributed by atoms with E-state index in [-0.39, 0.29) is 69.6 Å². The molecular weight excluding hydrogens is 1090 g/mol. The van der Waals surface area contributed by atoms with Crippen molar-refractivity contribution in [2.45, 2.75) is 41.5 Å². The molecule has 6 aromatic carbocycles. The topological polar surface area (TPSA) is 195 Å². The Bertz CT molecular complexity index is 3460. The number of carbonyl (C=O) groups is 6. The summed E-state index contributed by atoms with van der Waals surface area (Å²) in [6, 6.07) is 37.0. The van der Waals surface area contributed by atoms with Crippen LogP contribution >= 0.6 is 0 Å². The maximum atomic E-state index is 15.3. The molecular formula is C68H67FO16. The summed E-state index contributed by atoms with van der Waals surface area (Å²) in [6.07, 6.45) is 0. The lowest BCUT2D eigenvalue weighted by molar-refractivity contribution is -0.140. The highest BCUT2D eigenvalue weighted by Crippen LogP contribution is 2.37. The summed E-state index contributed by atoms with van der Waals surface area (Å²) in [6.45, 7) is 31.0. The lowest BCUT2D eigenvalue weighted by Gasteiger charge is -2.15. The van der Waals surface area contributed by atoms with Crippen molar-refractivity contribution in [2.75, 3.05) is 52.9 Å². The minimum Gasteiger partial charge on any atom is -0.486 e. The van der Waals surface area contributed by atoms with Gasteiger partial charge in [0, 0.05) is 39.0 Å². The minimum atomic E-state index is -0.540. The normalized spacial score (nSPS) is 10.3. The monoisotopic (exact) mass is 1160 g/mol. The molecule has 0 aliphatic carbocycles. The lowest BCUT2D eigenvalue weighted by atomic mass is 9.99. The van der Waals surface area contributed by atoms with Crippen LogP contribution in [0.15, 0.2) is 200 Å². The van der Waals surface area contributed by atoms with Gasteiger partial charge in [-0.3, -0.25) is 0 Å². The van der Waals surface area contributed by atoms with Gasteiger partial charge >= 0.3 is 35.8 Å². The largest absolute Gasteiger partial charge is 0.486 e. The Labute approximate surface area is 494 Å². The van der Waals surface area contributed by atoms with Crippen LogP contribution in [0.1, 0.15) is 41.5 Å². The summed E-state index contributed by atoms with van der Waals surface area (Å²) >= 11 is 0. The molecule has 0 fully saturated rings. The quantitative estimate of drug-likeness (QED) is 0.0148. The number of benzene rings is 6. The first-order valence-electron chi connectivity index (χ1n) is 26.5. The van der Waals surface area contributed by atoms with Crippen LogP contribution in [0, 0.1) is 5.82 Å². The predicted octanol–water partition coefficient (Wildman–Crippen LogP) is 13.1. The SMILES string of the molecule is C=C(C)C(=O)OCCOc1ccc(-c2ccc(-c3ccc(OC(=O)C(=C)C)cc3)c(F)c2)cc1OCCOC(=O)C(=C)C.C=C(C)C(=O)OCCOc1ccc(-c2ccc(-c3ccc(OC(=O)C(=C)C)cc3)cc2)cc1OCCOC(=O)C(=C)C. The molecule has 0 radical (unpaired) electrons. The first-order chi connectivity index (χ1) is 40.5. The van der Waals surface area contributed by atoms with Gasteiger partial charge in [0.05, 0.1) is 0 Å². The zero-order valence-electron chi connectivity index (χ0n) is 48.4. The van der Waals surface area contributed by atoms with Crippen molar-refractivity contribution in [3.05, 3.63) is 206 Å². The summed E-state index contributed by atoms with van der Waals surface area (Å²) < 4.78 is 69.4. The standard InChI is InChI=1S/C34H33FO8.C34H34O8/c1-21(2)32(36)41-17-15-39-30-14-10-26(20-31(30)40-16-18-42-33(37)22(3)4)25-9-13-28(29(35)19-25)24-7-11-27(12-8-24)43-34(38)23(5)6;1-22(2)32(35)40-19-17-38-30-16-13-28(21-31(30)39-18-20-41-33(36)23(3)4)27-9-7-25(8-10-27)26-11-14-29(15-12-26)42-34(37)24(5)6/h7-14,19-20H,1,3,5,15-18H2,2,4,6H3;7-16,21H,1,3,5,17-20H2,2,4,6H3. The van der Waals surface area contributed by atoms with Gasteiger partial charge in [0.2, 0.25) is 0 Å². The van der Waals surface area contributed by atoms with E-state index in [0.29, 0.717) is 73.5 Å². The molecule has 0 aromatic heterocycles. The average Bonchev–Trinajstić information content (AvgIpc) is 3.55. The number of halogens is 1. The minimum absolute atomic E-state index is 0.00685. The molecule has 0 unspecified atom stereocenters. The molecule has 0 heterocycles. The Hall–Kier alpha value is -10.3. The van der Waals surface area contributed by atoms with E-state index in [4.69, 9.17) is 47.4 Å². The predicted molar refractivity (Wildman–Crippen MR) is 321 cm³/mol. The Kier molecular flexibility index (Phi) is 25.0. The number of ether oxygens (including phenoxy) is 10. The van der Waals surface area contributed by atoms with Gasteiger partial charge in [-0.2, -0.15) is 0 Å². The van der Waals surface area contributed by atoms with Crippen molar-refractivity contribution < 1.29 is 80.5 Å². The second-order valence-corrected chi connectivity index (χ2v) is 19.0. The van der Waals surface area contributed by atoms with Crippen molar-refractivity contribution in [3.8, 4) is 79.0 Å². The fourth-order valence-corrected chi connectivity index (χ4v) is 7.07. The van der Waals surface area contributed by atoms with Gasteiger partial charge in [0.15, 0.2) is 23.0 Å². The van der Waals surface area contributed by atoms with Gasteiger partial charge in [-0.25, -0.2) is 33.2 Å². The van der Waals surface area contributed by atoms with Crippen LogP contribution in [0.3, 0.4) is 0 Å². The molecule has 0 N–H and O–H groups in total. The van der Waals surface area contributed by atoms with E-state index in [2.05, 4.69) is 39.5 Å². The second kappa shape index (κ2) is 32.4. The summed E-state index contributed by atoms with van der Waals surface area (Å²) in [7, 11) is 0. The van der Waals surface area contributed by atoms with Crippen molar-refractivity contribution in [3.63, 3.8) is 0 Å². The van der Waals surface area contributed by atoms with Gasteiger partial charge < -0.3 is 47.4 Å². The number of carbonyl (C=O) groups excluding carboxylic acids is 6. The third kappa shape index (κ3) is 20.9. The maximum Gasteiger partial charge on any atom is 0.338 e. The highest BCUT2D eigenvalue weighted by atomic mass is 19.1. The van der Waals surface area contributed by atoms with Crippen LogP contribution in [0.4, 0.5) is 4.39 Å². The van der Waals surface area contributed by atoms with Crippen LogP contribution in [0.25, 0.3) is 44.5 Å². The van der Waals surface area contributed by atoms with E-state index in [1.165, 1.54) is 6.07 Å². The van der Waals surface area contributed by atoms with Crippen LogP contribution in [-0.4, -0.2) is 88.7 Å². The molecule has 17 heteroatoms. The Balaban J connectivity index is 0.000000311. The van der Waals surface area contributed by atoms with E-state index in [1.54, 1.807) is 114 Å². The lowest BCUT2D eigenvalue weighted by Crippen LogP contribution is -2.14. The van der Waals surface area contributed by atoms with E-state index < -0.39 is 41.6 Å². The number of rotatable bonds is 28. The molecule has 0 amide bonds. The van der Waals surface area contributed by atoms with Crippen molar-refractivity contribution in [1.82, 2.24) is 0 Å². The molecule has 85 heavy (non-hydrogen) atoms. The third-order valence-electron chi connectivity index (χ3n) is 11.6. The summed E-state index contributed by atoms with van der Waals surface area (Å²) in [4.78, 5) is 70.1. The van der Waals surface area contributed by atoms with Crippen LogP contribution in [-0.2, 0) is 47.7 Å². The van der Waals surface area contributed by atoms with Gasteiger partial charge in [-0.15, -0.1) is 0 Å². The molecule has 0 atom stereocenters. The molecule has 0 bridgehead atoms. The van der Waals surface area contributed by atoms with Gasteiger partial charge in [-0.1, -0.05) is 112 Å². The fourth-order valence-electron chi connectivity index (χ4n) is 7.07. The van der Waals surface area contributed by atoms with Gasteiger partial charge in [-0.05, 0) is 135 Å². The average molecular weight is 1160 g/mol. The van der Waals surface area contributed by atoms with Crippen molar-refractivity contribution in [2.24, 2.45) is 0 Å². The van der Waals surface area contributed by atoms with E-state index in [9.17, 15) is 28.8 Å². The van der Waals surface area contributed by atoms with Gasteiger partial charge in [0.25, 0.3) is 0 Å². The molecule has 0 saturated heterocycles. The Morgan fingerprint density at radius 2 is 0.565 bits per heavy atom. The smallest absolute Gasteiger partial charge is 0.338 e. The van der Waals surface area contributed by atoms with Crippen molar-refractivity contribution >= 4 is 35.8 Å². The number of hydrogen-bond acceptors (Lipinski definition) is 16. The summed E-state index contributed by atoms with van der Waals surface area (Å²) in [5, 5.41) is 0. The highest BCUT2D eigenvalue weighted by molar-refractivity contribution is 5.90. The van der Waals surface area contributed by atoms with E-state index in [0.717, 1.165) is 22.3 Å². The number of hydrogen-bond donors (Lipinski definition) is 0. The molecule has 6 rings (SSSR count). The summed E-state index contributed by atoms with van der Waals surface area (Å²) in [5.74, 6) is -1.19. The van der Waals surface area contributed by atoms with Gasteiger partial charge in [0.1, 0.15) is 70.2 Å². The first kappa shape index (κ1) is 65.5. The van der Waals surface area contributed by atoms with Crippen LogP contribution in [0.2, 0.25) is 0 Å². The molecule has 6 aromatic rings. The molecule has 0 saturated carbocycles. The van der Waals surface area contributed by atoms with E-state index in [1.807, 2.05) is 48.5 Å². The molecule has 0 aliphatic heterocycles. The Morgan fingerprint density at radius 3 is 0.894 bits per heavy atom. The van der Waals surface area contributed by atoms with Crippen LogP contribution in [0.5, 0.6) is 34.5 Å². The maximum absolute atomic E-state index is 15.3. The zero-order chi connectivity index (χ0) is 62.2. The molecule has 16 nitrogen and oxygen atoms in total. The van der Waals surface area contributed by atoms with E-state index >= 15 is 4.39 Å². The van der Waals surface area contributed by atoms with Crippen LogP contribution < -0.4 is 28.4 Å². The fraction of sp³-hybridized carbons (Fsp3) is 0.206. The number of esters is 6. The highest BCUT2D eigenvalue weighted by Gasteiger charge is 2.16. The summed E-state index contributed by atoms with van der Waals surface area (Å²) in [5.41, 5.74) is 7.69. The van der Waals surface area contributed by atoms with Crippen molar-refractivity contribution in [1.29, 1.82) is 0 Å². The third-order valence-corrected chi connectivity index (χ3v) is 11.6. The molecule has 442 valence electrons. The zero-order valence-corrected chi connectivity index (χ0v) is 48.4. The second-order valence-electron chi connectivity index (χ2n) is 19.0. The first-order valence-corrected chi connectivity index (χ1v) is 26.5. The molecule has 0 spiro atoms. The Morgan fingerprint density at radius 1 is 0.306 bits per heavy atom.